The van der Waals surface area contributed by atoms with Crippen LogP contribution in [-0.4, -0.2) is 40.8 Å². The van der Waals surface area contributed by atoms with E-state index in [1.54, 1.807) is 0 Å². The number of hydrogen-bond donors (Lipinski definition) is 2. The molecule has 3 rings (SSSR count). The first-order valence-corrected chi connectivity index (χ1v) is 12.1. The van der Waals surface area contributed by atoms with Gasteiger partial charge in [0.1, 0.15) is 4.33 Å². The van der Waals surface area contributed by atoms with Crippen LogP contribution in [0.4, 0.5) is 32.0 Å². The maximum absolute atomic E-state index is 12.9. The average molecular weight is 645 g/mol. The molecule has 1 aliphatic carbocycles. The normalized spacial score (nSPS) is 18.7. The average Bonchev–Trinajstić information content (AvgIpc) is 3.32. The van der Waals surface area contributed by atoms with Crippen molar-refractivity contribution in [1.29, 1.82) is 0 Å². The first kappa shape index (κ1) is 30.6. The first-order chi connectivity index (χ1) is 17.3. The molecule has 0 aromatic heterocycles. The summed E-state index contributed by atoms with van der Waals surface area (Å²) < 4.78 is 74.6. The fourth-order valence-electron chi connectivity index (χ4n) is 3.71. The highest BCUT2D eigenvalue weighted by Gasteiger charge is 2.67. The van der Waals surface area contributed by atoms with Gasteiger partial charge in [-0.3, -0.25) is 14.4 Å². The minimum atomic E-state index is -5.93. The molecule has 0 saturated heterocycles. The molecule has 2 amide bonds. The predicted molar refractivity (Wildman–Crippen MR) is 130 cm³/mol. The van der Waals surface area contributed by atoms with E-state index >= 15 is 0 Å². The van der Waals surface area contributed by atoms with Crippen LogP contribution in [0, 0.1) is 11.8 Å². The summed E-state index contributed by atoms with van der Waals surface area (Å²) >= 11 is 30.5. The van der Waals surface area contributed by atoms with E-state index in [1.165, 1.54) is 29.6 Å². The van der Waals surface area contributed by atoms with Gasteiger partial charge in [0, 0.05) is 27.2 Å². The molecule has 1 aliphatic rings. The van der Waals surface area contributed by atoms with Crippen LogP contribution in [0.1, 0.15) is 21.8 Å². The molecule has 206 valence electrons. The van der Waals surface area contributed by atoms with Crippen molar-refractivity contribution in [3.63, 3.8) is 0 Å². The first-order valence-electron chi connectivity index (χ1n) is 10.2. The number of anilines is 1. The van der Waals surface area contributed by atoms with E-state index in [-0.39, 0.29) is 20.8 Å². The number of hydrogen-bond acceptors (Lipinski definition) is 3. The summed E-state index contributed by atoms with van der Waals surface area (Å²) in [5, 5.41) is 4.11. The third-order valence-electron chi connectivity index (χ3n) is 5.45. The second-order valence-electron chi connectivity index (χ2n) is 8.17. The zero-order valence-electron chi connectivity index (χ0n) is 18.3. The van der Waals surface area contributed by atoms with Crippen LogP contribution in [0.3, 0.4) is 0 Å². The maximum atomic E-state index is 12.9. The Labute approximate surface area is 235 Å². The van der Waals surface area contributed by atoms with Crippen LogP contribution >= 0.6 is 58.0 Å². The minimum absolute atomic E-state index is 0.0172. The zero-order chi connectivity index (χ0) is 28.8. The van der Waals surface area contributed by atoms with Gasteiger partial charge in [-0.25, -0.2) is 0 Å². The molecule has 2 aromatic carbocycles. The third-order valence-corrected chi connectivity index (χ3v) is 7.16. The third kappa shape index (κ3) is 6.80. The highest BCUT2D eigenvalue weighted by atomic mass is 35.5. The Bertz CT molecular complexity index is 1250. The Morgan fingerprint density at radius 3 is 1.97 bits per heavy atom. The summed E-state index contributed by atoms with van der Waals surface area (Å²) in [6, 6.07) is 7.97. The number of alkyl halides is 8. The van der Waals surface area contributed by atoms with Crippen molar-refractivity contribution >= 4 is 81.3 Å². The van der Waals surface area contributed by atoms with Gasteiger partial charge < -0.3 is 10.6 Å². The summed E-state index contributed by atoms with van der Waals surface area (Å²) in [6.45, 7) is -1.23. The lowest BCUT2D eigenvalue weighted by molar-refractivity contribution is -0.274. The quantitative estimate of drug-likeness (QED) is 0.190. The van der Waals surface area contributed by atoms with E-state index in [2.05, 4.69) is 5.32 Å². The van der Waals surface area contributed by atoms with Gasteiger partial charge >= 0.3 is 12.4 Å². The highest BCUT2D eigenvalue weighted by Crippen LogP contribution is 2.65. The molecule has 1 fully saturated rings. The number of amides is 2. The van der Waals surface area contributed by atoms with E-state index in [1.807, 2.05) is 0 Å². The van der Waals surface area contributed by atoms with Crippen molar-refractivity contribution in [3.8, 4) is 0 Å². The lowest BCUT2D eigenvalue weighted by atomic mass is 10.1. The van der Waals surface area contributed by atoms with E-state index < -0.39 is 64.1 Å². The number of ketones is 1. The van der Waals surface area contributed by atoms with Crippen LogP contribution in [0.25, 0.3) is 0 Å². The summed E-state index contributed by atoms with van der Waals surface area (Å²) in [6.07, 6.45) is -11.9. The second-order valence-corrected chi connectivity index (χ2v) is 10.9. The Balaban J connectivity index is 1.72. The van der Waals surface area contributed by atoms with Gasteiger partial charge in [0.05, 0.1) is 17.5 Å². The van der Waals surface area contributed by atoms with Gasteiger partial charge in [0.25, 0.3) is 0 Å². The molecule has 2 aromatic rings. The molecule has 38 heavy (non-hydrogen) atoms. The van der Waals surface area contributed by atoms with Gasteiger partial charge in [0.15, 0.2) is 5.78 Å². The molecule has 0 radical (unpaired) electrons. The number of nitrogens with one attached hydrogen (secondary N) is 2. The molecule has 0 spiro atoms. The van der Waals surface area contributed by atoms with Gasteiger partial charge in [-0.15, -0.1) is 23.2 Å². The van der Waals surface area contributed by atoms with Crippen molar-refractivity contribution < 1.29 is 40.7 Å². The van der Waals surface area contributed by atoms with E-state index in [9.17, 15) is 40.7 Å². The highest BCUT2D eigenvalue weighted by molar-refractivity contribution is 6.53. The summed E-state index contributed by atoms with van der Waals surface area (Å²) in [5.74, 6) is -10.2. The van der Waals surface area contributed by atoms with Crippen molar-refractivity contribution in [2.45, 2.75) is 22.6 Å². The smallest absolute Gasteiger partial charge is 0.348 e. The lowest BCUT2D eigenvalue weighted by Gasteiger charge is -2.21. The van der Waals surface area contributed by atoms with Gasteiger partial charge in [0.2, 0.25) is 17.7 Å². The largest absolute Gasteiger partial charge is 0.409 e. The molecule has 5 nitrogen and oxygen atoms in total. The Hall–Kier alpha value is -1.92. The molecule has 0 heterocycles. The van der Waals surface area contributed by atoms with Crippen LogP contribution in [-0.2, 0) is 9.59 Å². The van der Waals surface area contributed by atoms with Gasteiger partial charge in [-0.1, -0.05) is 34.8 Å². The maximum Gasteiger partial charge on any atom is 0.409 e. The molecule has 0 aliphatic heterocycles. The Kier molecular flexibility index (Phi) is 8.80. The number of Topliss-reactive ketones (excluding diaryl/α,β-unsaturated/α-hetero) is 1. The monoisotopic (exact) mass is 642 g/mol. The summed E-state index contributed by atoms with van der Waals surface area (Å²) in [4.78, 5) is 36.9. The SMILES string of the molecule is O=C(CNC(=O)C(C(F)(F)F)C(F)(F)F)c1cc(NC(=O)C2C(c3cc(Cl)cc(Cl)c3)C2(Cl)Cl)ccc1Cl. The van der Waals surface area contributed by atoms with Crippen molar-refractivity contribution in [3.05, 3.63) is 62.6 Å². The zero-order valence-corrected chi connectivity index (χ0v) is 22.1. The van der Waals surface area contributed by atoms with Gasteiger partial charge in [-0.2, -0.15) is 26.3 Å². The lowest BCUT2D eigenvalue weighted by Crippen LogP contribution is -2.48. The van der Waals surface area contributed by atoms with Crippen LogP contribution in [0.5, 0.6) is 0 Å². The Morgan fingerprint density at radius 2 is 1.45 bits per heavy atom. The van der Waals surface area contributed by atoms with Crippen molar-refractivity contribution in [2.75, 3.05) is 11.9 Å². The number of rotatable bonds is 7. The molecule has 2 N–H and O–H groups in total. The molecule has 16 heteroatoms. The number of carbonyl (C=O) groups is 3. The predicted octanol–water partition coefficient (Wildman–Crippen LogP) is 7.21. The Morgan fingerprint density at radius 1 is 0.895 bits per heavy atom. The molecule has 0 bridgehead atoms. The number of carbonyl (C=O) groups excluding carboxylic acids is 3. The van der Waals surface area contributed by atoms with E-state index in [4.69, 9.17) is 58.0 Å². The van der Waals surface area contributed by atoms with Crippen LogP contribution in [0.2, 0.25) is 15.1 Å². The fraction of sp³-hybridized carbons (Fsp3) is 0.318. The van der Waals surface area contributed by atoms with E-state index in [0.717, 1.165) is 12.1 Å². The van der Waals surface area contributed by atoms with E-state index in [0.29, 0.717) is 5.56 Å². The number of benzene rings is 2. The fourth-order valence-corrected chi connectivity index (χ4v) is 5.30. The van der Waals surface area contributed by atoms with Crippen molar-refractivity contribution in [2.24, 2.45) is 11.8 Å². The number of halogens is 11. The van der Waals surface area contributed by atoms with Gasteiger partial charge in [-0.05, 0) is 42.0 Å². The molecule has 1 saturated carbocycles. The van der Waals surface area contributed by atoms with Crippen LogP contribution in [0.15, 0.2) is 36.4 Å². The summed E-state index contributed by atoms with van der Waals surface area (Å²) in [5.41, 5.74) is 0.0835. The summed E-state index contributed by atoms with van der Waals surface area (Å²) in [7, 11) is 0. The minimum Gasteiger partial charge on any atom is -0.348 e. The van der Waals surface area contributed by atoms with Crippen molar-refractivity contribution in [1.82, 2.24) is 5.32 Å². The molecule has 2 unspecified atom stereocenters. The molecule has 2 atom stereocenters. The topological polar surface area (TPSA) is 75.3 Å². The standard InChI is InChI=1S/C22H13Cl5F6N2O3/c23-9-3-8(4-10(24)5-9)15-16(20(15,26)27)18(37)35-11-1-2-13(25)12(6-11)14(36)7-34-19(38)17(21(28,29)30)22(31,32)33/h1-6,15-17H,7H2,(H,34,38)(H,35,37). The second kappa shape index (κ2) is 10.9. The molecular weight excluding hydrogens is 632 g/mol. The van der Waals surface area contributed by atoms with Crippen LogP contribution < -0.4 is 10.6 Å². The molecular formula is C22H13Cl5F6N2O3.